The highest BCUT2D eigenvalue weighted by Crippen LogP contribution is 2.65. The molecule has 1 spiro atoms. The Bertz CT molecular complexity index is 694. The zero-order chi connectivity index (χ0) is 17.9. The summed E-state index contributed by atoms with van der Waals surface area (Å²) in [5, 5.41) is 21.6. The summed E-state index contributed by atoms with van der Waals surface area (Å²) in [4.78, 5) is 0. The van der Waals surface area contributed by atoms with Crippen LogP contribution in [0, 0.1) is 11.3 Å². The lowest BCUT2D eigenvalue weighted by Crippen LogP contribution is -2.58. The van der Waals surface area contributed by atoms with Crippen LogP contribution in [-0.2, 0) is 11.2 Å². The lowest BCUT2D eigenvalue weighted by atomic mass is 9.52. The van der Waals surface area contributed by atoms with Gasteiger partial charge in [-0.1, -0.05) is 37.3 Å². The molecular formula is C22H30O3. The quantitative estimate of drug-likeness (QED) is 0.825. The minimum Gasteiger partial charge on any atom is -0.392 e. The molecule has 1 aromatic rings. The van der Waals surface area contributed by atoms with E-state index in [1.54, 1.807) is 0 Å². The molecule has 2 bridgehead atoms. The minimum atomic E-state index is -0.928. The van der Waals surface area contributed by atoms with E-state index in [4.69, 9.17) is 4.74 Å². The normalized spacial score (nSPS) is 42.0. The van der Waals surface area contributed by atoms with Gasteiger partial charge in [0.05, 0.1) is 23.4 Å². The molecule has 1 aliphatic heterocycles. The van der Waals surface area contributed by atoms with E-state index in [2.05, 4.69) is 32.9 Å². The lowest BCUT2D eigenvalue weighted by Gasteiger charge is -2.55. The number of aliphatic hydroxyl groups excluding tert-OH is 1. The number of hydrogen-bond donors (Lipinski definition) is 2. The first-order chi connectivity index (χ1) is 11.7. The maximum atomic E-state index is 11.4. The number of rotatable bonds is 3. The molecule has 2 aliphatic carbocycles. The van der Waals surface area contributed by atoms with Crippen LogP contribution in [0.4, 0.5) is 0 Å². The van der Waals surface area contributed by atoms with Gasteiger partial charge >= 0.3 is 0 Å². The largest absolute Gasteiger partial charge is 0.392 e. The van der Waals surface area contributed by atoms with E-state index in [1.165, 1.54) is 0 Å². The Hall–Kier alpha value is -1.16. The molecule has 1 aromatic carbocycles. The Kier molecular flexibility index (Phi) is 3.74. The van der Waals surface area contributed by atoms with Crippen LogP contribution in [0.2, 0.25) is 0 Å². The summed E-state index contributed by atoms with van der Waals surface area (Å²) in [5.41, 5.74) is 0.350. The average molecular weight is 342 g/mol. The molecule has 1 saturated carbocycles. The summed E-state index contributed by atoms with van der Waals surface area (Å²) in [5.74, 6) is 0.524. The number of hydrogen-bond acceptors (Lipinski definition) is 3. The summed E-state index contributed by atoms with van der Waals surface area (Å²) in [6, 6.07) is 10.1. The van der Waals surface area contributed by atoms with Crippen molar-refractivity contribution < 1.29 is 14.9 Å². The third kappa shape index (κ3) is 2.51. The Morgan fingerprint density at radius 2 is 1.88 bits per heavy atom. The van der Waals surface area contributed by atoms with Crippen LogP contribution in [0.25, 0.3) is 0 Å². The van der Waals surface area contributed by atoms with Gasteiger partial charge in [0.1, 0.15) is 0 Å². The predicted octanol–water partition coefficient (Wildman–Crippen LogP) is 3.64. The maximum absolute atomic E-state index is 11.4. The van der Waals surface area contributed by atoms with Gasteiger partial charge in [-0.2, -0.15) is 0 Å². The molecule has 1 saturated heterocycles. The zero-order valence-electron chi connectivity index (χ0n) is 15.6. The summed E-state index contributed by atoms with van der Waals surface area (Å²) in [6.45, 7) is 6.56. The summed E-state index contributed by atoms with van der Waals surface area (Å²) in [6.07, 6.45) is 6.31. The first kappa shape index (κ1) is 17.3. The highest BCUT2D eigenvalue weighted by atomic mass is 16.5. The molecule has 1 unspecified atom stereocenters. The third-order valence-corrected chi connectivity index (χ3v) is 7.16. The molecule has 3 nitrogen and oxygen atoms in total. The molecular weight excluding hydrogens is 312 g/mol. The second kappa shape index (κ2) is 5.42. The van der Waals surface area contributed by atoms with Crippen LogP contribution < -0.4 is 0 Å². The van der Waals surface area contributed by atoms with Gasteiger partial charge in [-0.3, -0.25) is 0 Å². The third-order valence-electron chi connectivity index (χ3n) is 7.16. The molecule has 1 heterocycles. The van der Waals surface area contributed by atoms with Crippen LogP contribution >= 0.6 is 0 Å². The summed E-state index contributed by atoms with van der Waals surface area (Å²) < 4.78 is 6.67. The topological polar surface area (TPSA) is 49.7 Å². The fourth-order valence-corrected chi connectivity index (χ4v) is 5.90. The SMILES string of the molecule is CC1(C)O[C@]23CC1CC[C@]2(C)C[C@](O)(Cc1ccccc1)C=C3CO. The first-order valence-corrected chi connectivity index (χ1v) is 9.52. The van der Waals surface area contributed by atoms with Crippen molar-refractivity contribution in [3.05, 3.63) is 47.5 Å². The van der Waals surface area contributed by atoms with Gasteiger partial charge in [0.25, 0.3) is 0 Å². The molecule has 4 rings (SSSR count). The number of ether oxygens (including phenoxy) is 1. The molecule has 2 N–H and O–H groups in total. The second-order valence-electron chi connectivity index (χ2n) is 9.30. The van der Waals surface area contributed by atoms with Crippen LogP contribution in [-0.4, -0.2) is 33.6 Å². The average Bonchev–Trinajstić information content (AvgIpc) is 2.78. The van der Waals surface area contributed by atoms with Crippen molar-refractivity contribution in [1.29, 1.82) is 0 Å². The van der Waals surface area contributed by atoms with Gasteiger partial charge < -0.3 is 14.9 Å². The molecule has 0 radical (unpaired) electrons. The van der Waals surface area contributed by atoms with Crippen molar-refractivity contribution in [2.24, 2.45) is 11.3 Å². The molecule has 25 heavy (non-hydrogen) atoms. The van der Waals surface area contributed by atoms with E-state index >= 15 is 0 Å². The highest BCUT2D eigenvalue weighted by molar-refractivity contribution is 5.37. The van der Waals surface area contributed by atoms with Crippen molar-refractivity contribution >= 4 is 0 Å². The van der Waals surface area contributed by atoms with Crippen LogP contribution in [0.15, 0.2) is 42.0 Å². The van der Waals surface area contributed by atoms with E-state index in [9.17, 15) is 10.2 Å². The highest BCUT2D eigenvalue weighted by Gasteiger charge is 2.66. The minimum absolute atomic E-state index is 0.0461. The Morgan fingerprint density at radius 3 is 2.56 bits per heavy atom. The monoisotopic (exact) mass is 342 g/mol. The fraction of sp³-hybridized carbons (Fsp3) is 0.636. The molecule has 3 heteroatoms. The van der Waals surface area contributed by atoms with Crippen molar-refractivity contribution in [3.8, 4) is 0 Å². The zero-order valence-corrected chi connectivity index (χ0v) is 15.6. The van der Waals surface area contributed by atoms with Gasteiger partial charge in [-0.15, -0.1) is 0 Å². The van der Waals surface area contributed by atoms with Gasteiger partial charge in [-0.05, 0) is 62.7 Å². The van der Waals surface area contributed by atoms with Crippen molar-refractivity contribution in [2.75, 3.05) is 6.61 Å². The van der Waals surface area contributed by atoms with E-state index < -0.39 is 11.2 Å². The molecule has 0 amide bonds. The number of fused-ring (bicyclic) bond motifs is 1. The van der Waals surface area contributed by atoms with E-state index in [-0.39, 0.29) is 17.6 Å². The van der Waals surface area contributed by atoms with Crippen molar-refractivity contribution in [1.82, 2.24) is 0 Å². The molecule has 4 atom stereocenters. The summed E-state index contributed by atoms with van der Waals surface area (Å²) in [7, 11) is 0. The standard InChI is InChI=1S/C22H30O3/c1-19(2)17-9-10-20(3)15-21(24,11-16-7-5-4-6-8-16)12-18(14-23)22(20,13-17)25-19/h4-8,12,17,23-24H,9-11,13-15H2,1-3H3/t17?,20-,21+,22+/m1/s1. The number of benzene rings is 1. The molecule has 2 fully saturated rings. The van der Waals surface area contributed by atoms with Gasteiger partial charge in [0.2, 0.25) is 0 Å². The van der Waals surface area contributed by atoms with Gasteiger partial charge in [-0.25, -0.2) is 0 Å². The lowest BCUT2D eigenvalue weighted by molar-refractivity contribution is -0.155. The van der Waals surface area contributed by atoms with E-state index in [0.29, 0.717) is 18.8 Å². The van der Waals surface area contributed by atoms with Crippen molar-refractivity contribution in [3.63, 3.8) is 0 Å². The molecule has 0 aromatic heterocycles. The van der Waals surface area contributed by atoms with Gasteiger partial charge in [0.15, 0.2) is 0 Å². The maximum Gasteiger partial charge on any atom is 0.0980 e. The Labute approximate surface area is 150 Å². The van der Waals surface area contributed by atoms with E-state index in [0.717, 1.165) is 30.4 Å². The fourth-order valence-electron chi connectivity index (χ4n) is 5.90. The molecule has 3 aliphatic rings. The molecule has 136 valence electrons. The van der Waals surface area contributed by atoms with Crippen LogP contribution in [0.3, 0.4) is 0 Å². The number of aliphatic hydroxyl groups is 2. The summed E-state index contributed by atoms with van der Waals surface area (Å²) >= 11 is 0. The second-order valence-corrected chi connectivity index (χ2v) is 9.30. The van der Waals surface area contributed by atoms with E-state index in [1.807, 2.05) is 24.3 Å². The Morgan fingerprint density at radius 1 is 1.16 bits per heavy atom. The van der Waals surface area contributed by atoms with Gasteiger partial charge in [0, 0.05) is 11.8 Å². The van der Waals surface area contributed by atoms with Crippen LogP contribution in [0.1, 0.15) is 52.0 Å². The first-order valence-electron chi connectivity index (χ1n) is 9.52. The smallest absolute Gasteiger partial charge is 0.0980 e. The predicted molar refractivity (Wildman–Crippen MR) is 98.2 cm³/mol. The van der Waals surface area contributed by atoms with Crippen molar-refractivity contribution in [2.45, 2.75) is 69.7 Å². The van der Waals surface area contributed by atoms with Crippen LogP contribution in [0.5, 0.6) is 0 Å². The Balaban J connectivity index is 1.76.